The van der Waals surface area contributed by atoms with Crippen molar-refractivity contribution in [3.8, 4) is 0 Å². The molecular weight excluding hydrogens is 440 g/mol. The fourth-order valence-corrected chi connectivity index (χ4v) is 5.16. The second kappa shape index (κ2) is 12.9. The summed E-state index contributed by atoms with van der Waals surface area (Å²) in [6.07, 6.45) is 6.17. The van der Waals surface area contributed by atoms with Crippen molar-refractivity contribution in [2.45, 2.75) is 68.8 Å². The average Bonchev–Trinajstić information content (AvgIpc) is 3.31. The van der Waals surface area contributed by atoms with Crippen LogP contribution in [0.4, 0.5) is 0 Å². The maximum absolute atomic E-state index is 13.3. The summed E-state index contributed by atoms with van der Waals surface area (Å²) in [5.74, 6) is 0.699. The van der Waals surface area contributed by atoms with Gasteiger partial charge in [-0.25, -0.2) is 0 Å². The first-order valence-electron chi connectivity index (χ1n) is 11.6. The van der Waals surface area contributed by atoms with Gasteiger partial charge in [-0.2, -0.15) is 0 Å². The van der Waals surface area contributed by atoms with E-state index in [1.165, 1.54) is 18.4 Å². The number of halogens is 1. The van der Waals surface area contributed by atoms with Crippen molar-refractivity contribution in [3.05, 3.63) is 65.2 Å². The third-order valence-corrected chi connectivity index (χ3v) is 7.24. The summed E-state index contributed by atoms with van der Waals surface area (Å²) in [6.45, 7) is 2.54. The zero-order valence-corrected chi connectivity index (χ0v) is 20.3. The number of thioether (sulfide) groups is 1. The predicted octanol–water partition coefficient (Wildman–Crippen LogP) is 5.73. The van der Waals surface area contributed by atoms with E-state index in [2.05, 4.69) is 17.4 Å². The van der Waals surface area contributed by atoms with Crippen molar-refractivity contribution >= 4 is 35.2 Å². The van der Waals surface area contributed by atoms with E-state index < -0.39 is 6.04 Å². The minimum absolute atomic E-state index is 0.00818. The van der Waals surface area contributed by atoms with Crippen LogP contribution in [0.1, 0.15) is 51.0 Å². The molecule has 1 fully saturated rings. The molecule has 0 radical (unpaired) electrons. The zero-order valence-electron chi connectivity index (χ0n) is 18.8. The fraction of sp³-hybridized carbons (Fsp3) is 0.462. The first-order chi connectivity index (χ1) is 15.6. The van der Waals surface area contributed by atoms with Gasteiger partial charge in [0.1, 0.15) is 6.04 Å². The predicted molar refractivity (Wildman–Crippen MR) is 133 cm³/mol. The van der Waals surface area contributed by atoms with E-state index in [-0.39, 0.29) is 17.9 Å². The Morgan fingerprint density at radius 1 is 1.09 bits per heavy atom. The Labute approximate surface area is 201 Å². The minimum Gasteiger partial charge on any atom is -0.352 e. The second-order valence-corrected chi connectivity index (χ2v) is 9.89. The SMILES string of the molecule is CC[C@H](C(=O)NC1CCCC1)N(CCc1ccccc1)C(=O)CCSc1ccc(Cl)cc1. The van der Waals surface area contributed by atoms with Crippen LogP contribution in [0.2, 0.25) is 5.02 Å². The number of amides is 2. The van der Waals surface area contributed by atoms with Crippen molar-refractivity contribution < 1.29 is 9.59 Å². The van der Waals surface area contributed by atoms with E-state index in [1.54, 1.807) is 16.7 Å². The lowest BCUT2D eigenvalue weighted by atomic mass is 10.1. The standard InChI is InChI=1S/C26H33ClN2O2S/c1-2-24(26(31)28-22-10-6-7-11-22)29(18-16-20-8-4-3-5-9-20)25(30)17-19-32-23-14-12-21(27)13-15-23/h3-5,8-9,12-15,22,24H,2,6-7,10-11,16-19H2,1H3,(H,28,31)/t24-/m1/s1. The molecule has 172 valence electrons. The molecule has 0 spiro atoms. The zero-order chi connectivity index (χ0) is 22.8. The lowest BCUT2D eigenvalue weighted by molar-refractivity contribution is -0.140. The molecule has 2 aromatic rings. The van der Waals surface area contributed by atoms with E-state index in [9.17, 15) is 9.59 Å². The molecule has 0 unspecified atom stereocenters. The molecule has 0 aromatic heterocycles. The maximum atomic E-state index is 13.3. The van der Waals surface area contributed by atoms with Gasteiger partial charge in [0.2, 0.25) is 11.8 Å². The number of carbonyl (C=O) groups excluding carboxylic acids is 2. The van der Waals surface area contributed by atoms with E-state index in [0.29, 0.717) is 30.2 Å². The summed E-state index contributed by atoms with van der Waals surface area (Å²) in [4.78, 5) is 29.2. The number of hydrogen-bond donors (Lipinski definition) is 1. The van der Waals surface area contributed by atoms with Crippen molar-refractivity contribution in [3.63, 3.8) is 0 Å². The topological polar surface area (TPSA) is 49.4 Å². The molecule has 4 nitrogen and oxygen atoms in total. The summed E-state index contributed by atoms with van der Waals surface area (Å²) in [7, 11) is 0. The van der Waals surface area contributed by atoms with Gasteiger partial charge >= 0.3 is 0 Å². The van der Waals surface area contributed by atoms with Crippen LogP contribution in [0.3, 0.4) is 0 Å². The number of nitrogens with zero attached hydrogens (tertiary/aromatic N) is 1. The molecule has 1 atom stereocenters. The van der Waals surface area contributed by atoms with Crippen LogP contribution >= 0.6 is 23.4 Å². The Morgan fingerprint density at radius 3 is 2.44 bits per heavy atom. The van der Waals surface area contributed by atoms with Crippen molar-refractivity contribution in [1.29, 1.82) is 0 Å². The number of hydrogen-bond acceptors (Lipinski definition) is 3. The third kappa shape index (κ3) is 7.56. The lowest BCUT2D eigenvalue weighted by Gasteiger charge is -2.31. The molecular formula is C26H33ClN2O2S. The van der Waals surface area contributed by atoms with Crippen LogP contribution in [-0.2, 0) is 16.0 Å². The molecule has 6 heteroatoms. The van der Waals surface area contributed by atoms with Crippen LogP contribution in [0.15, 0.2) is 59.5 Å². The highest BCUT2D eigenvalue weighted by molar-refractivity contribution is 7.99. The Bertz CT molecular complexity index is 854. The summed E-state index contributed by atoms with van der Waals surface area (Å²) in [5.41, 5.74) is 1.17. The molecule has 2 aromatic carbocycles. The summed E-state index contributed by atoms with van der Waals surface area (Å²) >= 11 is 7.59. The fourth-order valence-electron chi connectivity index (χ4n) is 4.19. The van der Waals surface area contributed by atoms with Crippen LogP contribution in [0.5, 0.6) is 0 Å². The van der Waals surface area contributed by atoms with Crippen LogP contribution in [-0.4, -0.2) is 41.1 Å². The van der Waals surface area contributed by atoms with Crippen molar-refractivity contribution in [2.75, 3.05) is 12.3 Å². The van der Waals surface area contributed by atoms with Crippen molar-refractivity contribution in [1.82, 2.24) is 10.2 Å². The smallest absolute Gasteiger partial charge is 0.243 e. The van der Waals surface area contributed by atoms with E-state index >= 15 is 0 Å². The Kier molecular flexibility index (Phi) is 9.94. The van der Waals surface area contributed by atoms with E-state index in [4.69, 9.17) is 11.6 Å². The first-order valence-corrected chi connectivity index (χ1v) is 12.9. The quantitative estimate of drug-likeness (QED) is 0.425. The number of rotatable bonds is 11. The number of nitrogens with one attached hydrogen (secondary N) is 1. The van der Waals surface area contributed by atoms with Gasteiger partial charge < -0.3 is 10.2 Å². The van der Waals surface area contributed by atoms with Gasteiger partial charge in [-0.1, -0.05) is 61.7 Å². The van der Waals surface area contributed by atoms with E-state index in [1.807, 2.05) is 49.4 Å². The Morgan fingerprint density at radius 2 is 1.78 bits per heavy atom. The molecule has 32 heavy (non-hydrogen) atoms. The third-order valence-electron chi connectivity index (χ3n) is 5.97. The Balaban J connectivity index is 1.63. The number of benzene rings is 2. The van der Waals surface area contributed by atoms with Gasteiger partial charge in [-0.3, -0.25) is 9.59 Å². The molecule has 1 aliphatic carbocycles. The van der Waals surface area contributed by atoms with Gasteiger partial charge in [0.25, 0.3) is 0 Å². The molecule has 1 aliphatic rings. The maximum Gasteiger partial charge on any atom is 0.243 e. The monoisotopic (exact) mass is 472 g/mol. The normalized spacial score (nSPS) is 14.8. The minimum atomic E-state index is -0.424. The highest BCUT2D eigenvalue weighted by Crippen LogP contribution is 2.22. The largest absolute Gasteiger partial charge is 0.352 e. The lowest BCUT2D eigenvalue weighted by Crippen LogP contribution is -2.51. The molecule has 0 heterocycles. The summed E-state index contributed by atoms with van der Waals surface area (Å²) in [5, 5.41) is 3.91. The first kappa shape index (κ1) is 24.7. The van der Waals surface area contributed by atoms with Crippen LogP contribution < -0.4 is 5.32 Å². The van der Waals surface area contributed by atoms with Crippen LogP contribution in [0.25, 0.3) is 0 Å². The van der Waals surface area contributed by atoms with Gasteiger partial charge in [0, 0.05) is 34.7 Å². The highest BCUT2D eigenvalue weighted by Gasteiger charge is 2.30. The Hall–Kier alpha value is -1.98. The van der Waals surface area contributed by atoms with Crippen LogP contribution in [0, 0.1) is 0 Å². The number of carbonyl (C=O) groups is 2. The molecule has 3 rings (SSSR count). The molecule has 1 N–H and O–H groups in total. The molecule has 1 saturated carbocycles. The van der Waals surface area contributed by atoms with Crippen molar-refractivity contribution in [2.24, 2.45) is 0 Å². The summed E-state index contributed by atoms with van der Waals surface area (Å²) < 4.78 is 0. The van der Waals surface area contributed by atoms with Gasteiger partial charge in [-0.05, 0) is 55.5 Å². The summed E-state index contributed by atoms with van der Waals surface area (Å²) in [6, 6.07) is 17.6. The average molecular weight is 473 g/mol. The van der Waals surface area contributed by atoms with E-state index in [0.717, 1.165) is 24.2 Å². The molecule has 0 saturated heterocycles. The molecule has 0 bridgehead atoms. The highest BCUT2D eigenvalue weighted by atomic mass is 35.5. The second-order valence-electron chi connectivity index (χ2n) is 8.29. The van der Waals surface area contributed by atoms with Gasteiger partial charge in [0.15, 0.2) is 0 Å². The van der Waals surface area contributed by atoms with Gasteiger partial charge in [0.05, 0.1) is 0 Å². The molecule has 2 amide bonds. The molecule has 0 aliphatic heterocycles. The van der Waals surface area contributed by atoms with Gasteiger partial charge in [-0.15, -0.1) is 11.8 Å².